The van der Waals surface area contributed by atoms with Crippen molar-refractivity contribution < 1.29 is 0 Å². The molecular formula is C8H9N. The minimum absolute atomic E-state index is 1.04. The Morgan fingerprint density at radius 3 is 3.33 bits per heavy atom. The van der Waals surface area contributed by atoms with Crippen LogP contribution in [-0.2, 0) is 0 Å². The van der Waals surface area contributed by atoms with E-state index in [1.807, 2.05) is 18.4 Å². The first-order valence-electron chi connectivity index (χ1n) is 3.08. The zero-order chi connectivity index (χ0) is 6.53. The highest BCUT2D eigenvalue weighted by Gasteiger charge is 1.85. The Kier molecular flexibility index (Phi) is 2.06. The van der Waals surface area contributed by atoms with Crippen LogP contribution in [0.15, 0.2) is 35.0 Å². The zero-order valence-corrected chi connectivity index (χ0v) is 5.46. The molecule has 0 saturated heterocycles. The van der Waals surface area contributed by atoms with Crippen LogP contribution in [0.25, 0.3) is 0 Å². The quantitative estimate of drug-likeness (QED) is 0.501. The van der Waals surface area contributed by atoms with Crippen molar-refractivity contribution in [1.29, 1.82) is 0 Å². The molecule has 0 N–H and O–H groups in total. The average molecular weight is 119 g/mol. The smallest absolute Gasteiger partial charge is 0.0400 e. The molecule has 0 radical (unpaired) electrons. The molecule has 1 nitrogen and oxygen atoms in total. The van der Waals surface area contributed by atoms with Gasteiger partial charge in [-0.05, 0) is 23.9 Å². The van der Waals surface area contributed by atoms with E-state index in [-0.39, 0.29) is 0 Å². The van der Waals surface area contributed by atoms with E-state index in [0.717, 1.165) is 6.42 Å². The van der Waals surface area contributed by atoms with Crippen LogP contribution in [0.1, 0.15) is 13.3 Å². The summed E-state index contributed by atoms with van der Waals surface area (Å²) in [4.78, 5) is 3.89. The highest BCUT2D eigenvalue weighted by molar-refractivity contribution is 5.57. The third kappa shape index (κ3) is 1.71. The second-order valence-electron chi connectivity index (χ2n) is 1.84. The fraction of sp³-hybridized carbons (Fsp3) is 0.250. The topological polar surface area (TPSA) is 12.4 Å². The van der Waals surface area contributed by atoms with E-state index in [1.54, 1.807) is 6.08 Å². The molecule has 0 bridgehead atoms. The van der Waals surface area contributed by atoms with E-state index in [4.69, 9.17) is 0 Å². The molecule has 1 aliphatic heterocycles. The molecule has 0 aromatic heterocycles. The van der Waals surface area contributed by atoms with Crippen molar-refractivity contribution in [2.75, 3.05) is 0 Å². The fourth-order valence-electron chi connectivity index (χ4n) is 0.630. The van der Waals surface area contributed by atoms with Gasteiger partial charge in [-0.2, -0.15) is 0 Å². The van der Waals surface area contributed by atoms with Crippen molar-refractivity contribution in [3.63, 3.8) is 0 Å². The van der Waals surface area contributed by atoms with Crippen LogP contribution in [0.4, 0.5) is 0 Å². The van der Waals surface area contributed by atoms with Crippen LogP contribution in [0.3, 0.4) is 0 Å². The Morgan fingerprint density at radius 1 is 1.67 bits per heavy atom. The van der Waals surface area contributed by atoms with Gasteiger partial charge in [-0.25, -0.2) is 4.99 Å². The second kappa shape index (κ2) is 3.06. The molecule has 1 heteroatoms. The molecule has 46 valence electrons. The van der Waals surface area contributed by atoms with Crippen LogP contribution in [0.2, 0.25) is 0 Å². The van der Waals surface area contributed by atoms with Crippen molar-refractivity contribution in [1.82, 2.24) is 0 Å². The lowest BCUT2D eigenvalue weighted by atomic mass is 10.2. The van der Waals surface area contributed by atoms with Crippen molar-refractivity contribution in [2.24, 2.45) is 4.99 Å². The number of allylic oxidation sites excluding steroid dienone is 4. The molecule has 0 aliphatic carbocycles. The van der Waals surface area contributed by atoms with Gasteiger partial charge < -0.3 is 0 Å². The SMILES string of the molecule is CCC1=CN=C=CC=C1. The van der Waals surface area contributed by atoms with E-state index in [9.17, 15) is 0 Å². The Balaban J connectivity index is 2.78. The Bertz CT molecular complexity index is 203. The van der Waals surface area contributed by atoms with Crippen molar-refractivity contribution in [2.45, 2.75) is 13.3 Å². The van der Waals surface area contributed by atoms with Gasteiger partial charge in [-0.3, -0.25) is 0 Å². The molecule has 0 unspecified atom stereocenters. The lowest BCUT2D eigenvalue weighted by Gasteiger charge is -1.88. The summed E-state index contributed by atoms with van der Waals surface area (Å²) in [5.74, 6) is 2.75. The summed E-state index contributed by atoms with van der Waals surface area (Å²) < 4.78 is 0. The Morgan fingerprint density at radius 2 is 2.56 bits per heavy atom. The molecule has 0 spiro atoms. The molecule has 0 saturated carbocycles. The van der Waals surface area contributed by atoms with E-state index < -0.39 is 0 Å². The molecule has 1 aliphatic rings. The fourth-order valence-corrected chi connectivity index (χ4v) is 0.630. The summed E-state index contributed by atoms with van der Waals surface area (Å²) in [6.07, 6.45) is 8.67. The summed E-state index contributed by atoms with van der Waals surface area (Å²) in [6, 6.07) is 0. The summed E-state index contributed by atoms with van der Waals surface area (Å²) in [6.45, 7) is 2.11. The summed E-state index contributed by atoms with van der Waals surface area (Å²) in [7, 11) is 0. The monoisotopic (exact) mass is 119 g/mol. The molecule has 9 heavy (non-hydrogen) atoms. The Labute approximate surface area is 55.1 Å². The maximum atomic E-state index is 3.89. The lowest BCUT2D eigenvalue weighted by Crippen LogP contribution is -1.69. The average Bonchev–Trinajstić information content (AvgIpc) is 2.13. The van der Waals surface area contributed by atoms with Gasteiger partial charge in [0.2, 0.25) is 0 Å². The van der Waals surface area contributed by atoms with Crippen LogP contribution < -0.4 is 0 Å². The molecule has 1 heterocycles. The van der Waals surface area contributed by atoms with Gasteiger partial charge in [0.1, 0.15) is 0 Å². The van der Waals surface area contributed by atoms with Crippen LogP contribution >= 0.6 is 0 Å². The first kappa shape index (κ1) is 6.06. The highest BCUT2D eigenvalue weighted by Crippen LogP contribution is 2.03. The predicted octanol–water partition coefficient (Wildman–Crippen LogP) is 2.08. The molecule has 0 fully saturated rings. The number of hydrogen-bond acceptors (Lipinski definition) is 1. The standard InChI is InChI=1S/C8H9N/c1-2-8-5-3-4-6-9-7-8/h3-5,7H,2H2,1H3. The van der Waals surface area contributed by atoms with Crippen molar-refractivity contribution in [3.8, 4) is 0 Å². The molecule has 0 aromatic carbocycles. The van der Waals surface area contributed by atoms with Gasteiger partial charge in [0.25, 0.3) is 0 Å². The molecule has 0 amide bonds. The van der Waals surface area contributed by atoms with E-state index >= 15 is 0 Å². The zero-order valence-electron chi connectivity index (χ0n) is 5.46. The molecule has 0 aromatic rings. The first-order valence-corrected chi connectivity index (χ1v) is 3.08. The van der Waals surface area contributed by atoms with Gasteiger partial charge in [0, 0.05) is 6.20 Å². The van der Waals surface area contributed by atoms with Crippen LogP contribution in [0, 0.1) is 0 Å². The van der Waals surface area contributed by atoms with Gasteiger partial charge in [-0.15, -0.1) is 0 Å². The molecular weight excluding hydrogens is 110 g/mol. The number of nitrogens with zero attached hydrogens (tertiary/aromatic N) is 1. The predicted molar refractivity (Wildman–Crippen MR) is 39.5 cm³/mol. The Hall–Kier alpha value is -1.07. The second-order valence-corrected chi connectivity index (χ2v) is 1.84. The maximum absolute atomic E-state index is 3.89. The largest absolute Gasteiger partial charge is 0.214 e. The third-order valence-corrected chi connectivity index (χ3v) is 1.19. The minimum Gasteiger partial charge on any atom is -0.214 e. The number of aliphatic imine (C=N–C) groups is 1. The normalized spacial score (nSPS) is 15.4. The third-order valence-electron chi connectivity index (χ3n) is 1.19. The lowest BCUT2D eigenvalue weighted by molar-refractivity contribution is 1.14. The summed E-state index contributed by atoms with van der Waals surface area (Å²) in [5, 5.41) is 0. The number of hydrogen-bond donors (Lipinski definition) is 0. The van der Waals surface area contributed by atoms with Gasteiger partial charge in [-0.1, -0.05) is 19.1 Å². The highest BCUT2D eigenvalue weighted by atomic mass is 14.6. The van der Waals surface area contributed by atoms with Crippen molar-refractivity contribution >= 4 is 5.87 Å². The molecule has 1 rings (SSSR count). The van der Waals surface area contributed by atoms with Crippen LogP contribution in [-0.4, -0.2) is 5.87 Å². The van der Waals surface area contributed by atoms with Gasteiger partial charge in [0.15, 0.2) is 0 Å². The van der Waals surface area contributed by atoms with Gasteiger partial charge in [0.05, 0.1) is 0 Å². The van der Waals surface area contributed by atoms with E-state index in [1.165, 1.54) is 5.57 Å². The maximum Gasteiger partial charge on any atom is 0.0400 e. The summed E-state index contributed by atoms with van der Waals surface area (Å²) in [5.41, 5.74) is 1.25. The van der Waals surface area contributed by atoms with E-state index in [2.05, 4.69) is 17.8 Å². The van der Waals surface area contributed by atoms with Crippen molar-refractivity contribution in [3.05, 3.63) is 30.0 Å². The van der Waals surface area contributed by atoms with Gasteiger partial charge >= 0.3 is 0 Å². The summed E-state index contributed by atoms with van der Waals surface area (Å²) >= 11 is 0. The minimum atomic E-state index is 1.04. The van der Waals surface area contributed by atoms with Crippen LogP contribution in [0.5, 0.6) is 0 Å². The number of rotatable bonds is 1. The van der Waals surface area contributed by atoms with E-state index in [0.29, 0.717) is 0 Å². The first-order chi connectivity index (χ1) is 4.43. The molecule has 0 atom stereocenters.